The van der Waals surface area contributed by atoms with E-state index in [1.165, 1.54) is 11.3 Å². The number of rotatable bonds is 1. The van der Waals surface area contributed by atoms with Crippen molar-refractivity contribution >= 4 is 29.1 Å². The Kier molecular flexibility index (Phi) is 2.00. The second-order valence-corrected chi connectivity index (χ2v) is 4.21. The number of hydrogen-bond donors (Lipinski definition) is 3. The Morgan fingerprint density at radius 2 is 2.15 bits per heavy atom. The predicted octanol–water partition coefficient (Wildman–Crippen LogP) is -1.14. The molecule has 0 bridgehead atoms. The molecule has 0 aromatic carbocycles. The summed E-state index contributed by atoms with van der Waals surface area (Å²) in [4.78, 5) is 16.9. The van der Waals surface area contributed by atoms with Gasteiger partial charge in [-0.1, -0.05) is 0 Å². The van der Waals surface area contributed by atoms with E-state index < -0.39 is 0 Å². The first-order valence-electron chi connectivity index (χ1n) is 5.68. The molecule has 100 valence electrons. The van der Waals surface area contributed by atoms with E-state index in [4.69, 9.17) is 11.6 Å². The van der Waals surface area contributed by atoms with Gasteiger partial charge in [-0.25, -0.2) is 15.8 Å². The minimum Gasteiger partial charge on any atom is -0.382 e. The van der Waals surface area contributed by atoms with Gasteiger partial charge in [0, 0.05) is 0 Å². The van der Waals surface area contributed by atoms with Crippen LogP contribution >= 0.6 is 0 Å². The molecule has 0 saturated carbocycles. The number of anilines is 1. The van der Waals surface area contributed by atoms with Gasteiger partial charge in [-0.05, 0) is 0 Å². The zero-order chi connectivity index (χ0) is 13.7. The first-order valence-corrected chi connectivity index (χ1v) is 5.68. The predicted molar refractivity (Wildman–Crippen MR) is 68.9 cm³/mol. The van der Waals surface area contributed by atoms with Gasteiger partial charge in [-0.2, -0.15) is 20.3 Å². The third kappa shape index (κ3) is 1.43. The quantitative estimate of drug-likeness (QED) is 0.469. The third-order valence-electron chi connectivity index (χ3n) is 2.89. The molecule has 1 aliphatic rings. The Labute approximate surface area is 111 Å². The molecule has 3 aromatic rings. The lowest BCUT2D eigenvalue weighted by atomic mass is 10.4. The van der Waals surface area contributed by atoms with Crippen LogP contribution in [0.4, 0.5) is 11.6 Å². The van der Waals surface area contributed by atoms with Crippen molar-refractivity contribution in [1.29, 1.82) is 0 Å². The van der Waals surface area contributed by atoms with Gasteiger partial charge in [-0.3, -0.25) is 9.58 Å². The van der Waals surface area contributed by atoms with Gasteiger partial charge in [0.2, 0.25) is 11.6 Å². The van der Waals surface area contributed by atoms with E-state index in [0.717, 1.165) is 5.69 Å². The van der Waals surface area contributed by atoms with Gasteiger partial charge in [0.25, 0.3) is 0 Å². The lowest BCUT2D eigenvalue weighted by molar-refractivity contribution is 0.436. The van der Waals surface area contributed by atoms with Crippen molar-refractivity contribution in [2.45, 2.75) is 6.54 Å². The van der Waals surface area contributed by atoms with Crippen molar-refractivity contribution in [3.05, 3.63) is 12.0 Å². The molecule has 0 amide bonds. The monoisotopic (exact) mass is 271 g/mol. The van der Waals surface area contributed by atoms with Crippen LogP contribution < -0.4 is 11.6 Å². The highest BCUT2D eigenvalue weighted by Gasteiger charge is 2.19. The maximum atomic E-state index is 5.83. The molecular weight excluding hydrogens is 262 g/mol. The maximum Gasteiger partial charge on any atom is 0.240 e. The van der Waals surface area contributed by atoms with Crippen LogP contribution in [0.15, 0.2) is 11.3 Å². The average molecular weight is 271 g/mol. The van der Waals surface area contributed by atoms with Crippen molar-refractivity contribution in [1.82, 2.24) is 39.9 Å². The molecule has 0 fully saturated rings. The van der Waals surface area contributed by atoms with Gasteiger partial charge in [0.1, 0.15) is 18.4 Å². The summed E-state index contributed by atoms with van der Waals surface area (Å²) >= 11 is 0. The van der Waals surface area contributed by atoms with Crippen LogP contribution in [0.25, 0.3) is 17.1 Å². The molecule has 3 aromatic heterocycles. The Balaban J connectivity index is 1.91. The van der Waals surface area contributed by atoms with Gasteiger partial charge >= 0.3 is 0 Å². The highest BCUT2D eigenvalue weighted by Crippen LogP contribution is 2.25. The molecule has 5 N–H and O–H groups in total. The van der Waals surface area contributed by atoms with Crippen LogP contribution in [0, 0.1) is 0 Å². The number of hydrazine groups is 1. The van der Waals surface area contributed by atoms with Crippen molar-refractivity contribution in [2.75, 3.05) is 5.73 Å². The van der Waals surface area contributed by atoms with Gasteiger partial charge in [0.05, 0.1) is 6.54 Å². The number of nitrogens with one attached hydrogen (secondary N) is 1. The summed E-state index contributed by atoms with van der Waals surface area (Å²) in [6.45, 7) is 0.466. The molecule has 0 saturated heterocycles. The summed E-state index contributed by atoms with van der Waals surface area (Å²) in [5.41, 5.74) is 7.38. The summed E-state index contributed by atoms with van der Waals surface area (Å²) in [5, 5.41) is 11.7. The largest absolute Gasteiger partial charge is 0.382 e. The average Bonchev–Trinajstić information content (AvgIpc) is 3.03. The third-order valence-corrected chi connectivity index (χ3v) is 2.89. The van der Waals surface area contributed by atoms with E-state index in [9.17, 15) is 0 Å². The molecular formula is C9H9N11. The Morgan fingerprint density at radius 1 is 1.25 bits per heavy atom. The Morgan fingerprint density at radius 3 is 3.05 bits per heavy atom. The Hall–Kier alpha value is -3.08. The first kappa shape index (κ1) is 10.8. The van der Waals surface area contributed by atoms with Crippen molar-refractivity contribution in [2.24, 2.45) is 10.8 Å². The van der Waals surface area contributed by atoms with E-state index >= 15 is 0 Å². The first-order chi connectivity index (χ1) is 9.72. The summed E-state index contributed by atoms with van der Waals surface area (Å²) in [5.74, 6) is 6.83. The highest BCUT2D eigenvalue weighted by molar-refractivity contribution is 5.80. The fourth-order valence-corrected chi connectivity index (χ4v) is 1.98. The van der Waals surface area contributed by atoms with Crippen LogP contribution in [0.1, 0.15) is 5.69 Å². The summed E-state index contributed by atoms with van der Waals surface area (Å²) in [6.07, 6.45) is 3.08. The lowest BCUT2D eigenvalue weighted by Gasteiger charge is -2.16. The maximum absolute atomic E-state index is 5.83. The van der Waals surface area contributed by atoms with E-state index in [1.807, 2.05) is 0 Å². The second kappa shape index (κ2) is 3.71. The number of fused-ring (bicyclic) bond motifs is 2. The van der Waals surface area contributed by atoms with Crippen molar-refractivity contribution in [3.8, 4) is 5.95 Å². The van der Waals surface area contributed by atoms with E-state index in [-0.39, 0.29) is 5.82 Å². The standard InChI is InChI=1S/C9H9N11/c10-6-5-7(17-18-16-5)15-9(14-6)20-3-12-4-1-19(11)2-13-8(4)20/h2-3H,1,11H2,(H3,10,14,15,16,17,18). The number of hydrogen-bond acceptors (Lipinski definition) is 9. The fourth-order valence-electron chi connectivity index (χ4n) is 1.98. The van der Waals surface area contributed by atoms with Crippen molar-refractivity contribution < 1.29 is 0 Å². The minimum absolute atomic E-state index is 0.237. The number of nitrogens with two attached hydrogens (primary N) is 2. The Bertz CT molecular complexity index is 828. The molecule has 1 aliphatic heterocycles. The molecule has 11 heteroatoms. The van der Waals surface area contributed by atoms with Gasteiger partial charge < -0.3 is 5.73 Å². The van der Waals surface area contributed by atoms with Crippen molar-refractivity contribution in [3.63, 3.8) is 0 Å². The molecule has 0 unspecified atom stereocenters. The molecule has 0 radical (unpaired) electrons. The minimum atomic E-state index is 0.237. The molecule has 4 rings (SSSR count). The summed E-state index contributed by atoms with van der Waals surface area (Å²) < 4.78 is 1.63. The number of aromatic nitrogens is 7. The zero-order valence-electron chi connectivity index (χ0n) is 10.1. The van der Waals surface area contributed by atoms with Gasteiger partial charge in [0.15, 0.2) is 17.2 Å². The van der Waals surface area contributed by atoms with Crippen LogP contribution in [0.2, 0.25) is 0 Å². The number of aromatic amines is 1. The topological polar surface area (TPSA) is 153 Å². The van der Waals surface area contributed by atoms with Crippen LogP contribution in [-0.4, -0.2) is 46.3 Å². The molecule has 0 aliphatic carbocycles. The lowest BCUT2D eigenvalue weighted by Crippen LogP contribution is -2.30. The van der Waals surface area contributed by atoms with Crippen LogP contribution in [0.5, 0.6) is 0 Å². The second-order valence-electron chi connectivity index (χ2n) is 4.21. The van der Waals surface area contributed by atoms with E-state index in [1.54, 1.807) is 10.9 Å². The molecule has 11 nitrogen and oxygen atoms in total. The van der Waals surface area contributed by atoms with Gasteiger partial charge in [-0.15, -0.1) is 5.10 Å². The number of nitrogens with zero attached hydrogens (tertiary/aromatic N) is 8. The van der Waals surface area contributed by atoms with E-state index in [2.05, 4.69) is 35.4 Å². The molecule has 0 spiro atoms. The zero-order valence-corrected chi connectivity index (χ0v) is 10.1. The van der Waals surface area contributed by atoms with Crippen LogP contribution in [-0.2, 0) is 6.54 Å². The number of imidazole rings is 1. The summed E-state index contributed by atoms with van der Waals surface area (Å²) in [7, 11) is 0. The van der Waals surface area contributed by atoms with Crippen LogP contribution in [0.3, 0.4) is 0 Å². The molecule has 4 heterocycles. The number of H-pyrrole nitrogens is 1. The number of nitrogen functional groups attached to an aromatic ring is 1. The normalized spacial score (nSPS) is 13.9. The fraction of sp³-hybridized carbons (Fsp3) is 0.111. The SMILES string of the molecule is Nc1nc(-n2cnc3c2N=CN(N)C3)nc2n[nH]nc12. The molecule has 0 atom stereocenters. The smallest absolute Gasteiger partial charge is 0.240 e. The highest BCUT2D eigenvalue weighted by atomic mass is 15.4. The summed E-state index contributed by atoms with van der Waals surface area (Å²) in [6, 6.07) is 0. The molecule has 20 heavy (non-hydrogen) atoms. The number of aliphatic imine (C=N–C) groups is 1. The van der Waals surface area contributed by atoms with E-state index in [0.29, 0.717) is 29.5 Å².